The molecule has 0 bridgehead atoms. The zero-order chi connectivity index (χ0) is 29.3. The minimum absolute atomic E-state index is 0. The molecule has 0 atom stereocenters. The number of nitrogens with zero attached hydrogens (tertiary/aromatic N) is 5. The normalized spacial score (nSPS) is 15.2. The second-order valence-corrected chi connectivity index (χ2v) is 11.0. The highest BCUT2D eigenvalue weighted by atomic mass is 35.5. The number of hydrogen-bond acceptors (Lipinski definition) is 7. The van der Waals surface area contributed by atoms with Crippen LogP contribution in [0.25, 0.3) is 44.7 Å². The molecule has 2 saturated heterocycles. The summed E-state index contributed by atoms with van der Waals surface area (Å²) < 4.78 is 20.7. The van der Waals surface area contributed by atoms with E-state index in [2.05, 4.69) is 50.3 Å². The first-order valence-electron chi connectivity index (χ1n) is 14.7. The lowest BCUT2D eigenvalue weighted by Gasteiger charge is -2.29. The van der Waals surface area contributed by atoms with Crippen LogP contribution in [0, 0.1) is 17.1 Å². The molecule has 10 heteroatoms. The van der Waals surface area contributed by atoms with Crippen LogP contribution >= 0.6 is 12.4 Å². The number of aromatic nitrogens is 3. The zero-order valence-electron chi connectivity index (χ0n) is 24.1. The van der Waals surface area contributed by atoms with Crippen LogP contribution in [0.5, 0.6) is 5.75 Å². The maximum atomic E-state index is 15.2. The Morgan fingerprint density at radius 1 is 0.841 bits per heavy atom. The number of fused-ring (bicyclic) bond motifs is 1. The highest BCUT2D eigenvalue weighted by Gasteiger charge is 2.25. The molecule has 2 aliphatic heterocycles. The Hall–Kier alpha value is -4.65. The molecule has 0 aliphatic carbocycles. The van der Waals surface area contributed by atoms with Gasteiger partial charge in [-0.2, -0.15) is 10.4 Å². The summed E-state index contributed by atoms with van der Waals surface area (Å²) in [7, 11) is 0. The summed E-state index contributed by atoms with van der Waals surface area (Å²) in [5.41, 5.74) is 6.29. The van der Waals surface area contributed by atoms with Gasteiger partial charge in [0.2, 0.25) is 0 Å². The van der Waals surface area contributed by atoms with Gasteiger partial charge in [-0.05, 0) is 61.2 Å². The molecule has 3 aromatic carbocycles. The number of halogens is 2. The van der Waals surface area contributed by atoms with Crippen LogP contribution in [0.4, 0.5) is 15.8 Å². The third-order valence-electron chi connectivity index (χ3n) is 8.43. The number of nitrogens with one attached hydrogen (secondary N) is 1. The molecule has 0 spiro atoms. The van der Waals surface area contributed by atoms with Gasteiger partial charge in [0.1, 0.15) is 17.6 Å². The topological polar surface area (TPSA) is 101 Å². The highest BCUT2D eigenvalue weighted by Crippen LogP contribution is 2.42. The fraction of sp³-hybridized carbons (Fsp3) is 0.265. The standard InChI is InChI=1S/C34H31FN6O2.ClH/c35-29-20-26(42)12-13-27(29)33-28(21-36)30(22-4-8-24(9-5-22)40-14-2-1-3-15-40)31-32(38-39-34(31)37-33)23-6-10-25(11-7-23)41-16-18-43-19-17-41;/h4-13,20,42H,1-3,14-19H2,(H,37,38,39);1H. The Labute approximate surface area is 261 Å². The van der Waals surface area contributed by atoms with Crippen LogP contribution in [0.2, 0.25) is 0 Å². The number of benzene rings is 3. The lowest BCUT2D eigenvalue weighted by atomic mass is 9.91. The lowest BCUT2D eigenvalue weighted by molar-refractivity contribution is 0.122. The number of aromatic amines is 1. The van der Waals surface area contributed by atoms with Crippen LogP contribution in [-0.4, -0.2) is 59.7 Å². The Balaban J connectivity index is 0.00000343. The molecule has 7 rings (SSSR count). The number of pyridine rings is 1. The van der Waals surface area contributed by atoms with Gasteiger partial charge in [0.15, 0.2) is 5.65 Å². The number of phenols is 1. The van der Waals surface area contributed by atoms with E-state index in [0.29, 0.717) is 29.8 Å². The van der Waals surface area contributed by atoms with E-state index < -0.39 is 5.82 Å². The van der Waals surface area contributed by atoms with Crippen LogP contribution in [0.3, 0.4) is 0 Å². The van der Waals surface area contributed by atoms with Gasteiger partial charge in [0.25, 0.3) is 0 Å². The van der Waals surface area contributed by atoms with Gasteiger partial charge in [-0.25, -0.2) is 9.37 Å². The van der Waals surface area contributed by atoms with E-state index in [1.54, 1.807) is 0 Å². The molecule has 5 aromatic rings. The maximum absolute atomic E-state index is 15.2. The van der Waals surface area contributed by atoms with Crippen LogP contribution in [0.1, 0.15) is 24.8 Å². The average Bonchev–Trinajstić information content (AvgIpc) is 3.48. The number of aromatic hydroxyl groups is 1. The van der Waals surface area contributed by atoms with Crippen molar-refractivity contribution in [2.75, 3.05) is 49.2 Å². The minimum atomic E-state index is -0.663. The van der Waals surface area contributed by atoms with E-state index in [-0.39, 0.29) is 35.0 Å². The SMILES string of the molecule is Cl.N#Cc1c(-c2ccc(O)cc2F)nc2n[nH]c(-c3ccc(N4CCOCC4)cc3)c2c1-c1ccc(N2CCCCC2)cc1. The number of ether oxygens (including phenoxy) is 1. The third-order valence-corrected chi connectivity index (χ3v) is 8.43. The molecular weight excluding hydrogens is 579 g/mol. The molecule has 2 aliphatic rings. The predicted molar refractivity (Wildman–Crippen MR) is 173 cm³/mol. The lowest BCUT2D eigenvalue weighted by Crippen LogP contribution is -2.36. The van der Waals surface area contributed by atoms with Crippen molar-refractivity contribution in [2.24, 2.45) is 0 Å². The number of rotatable bonds is 5. The van der Waals surface area contributed by atoms with E-state index >= 15 is 4.39 Å². The van der Waals surface area contributed by atoms with Gasteiger partial charge in [-0.3, -0.25) is 5.10 Å². The van der Waals surface area contributed by atoms with Crippen LogP contribution in [0.15, 0.2) is 66.7 Å². The second kappa shape index (κ2) is 12.5. The number of piperidine rings is 1. The highest BCUT2D eigenvalue weighted by molar-refractivity contribution is 6.06. The molecule has 0 unspecified atom stereocenters. The van der Waals surface area contributed by atoms with Gasteiger partial charge >= 0.3 is 0 Å². The number of nitriles is 1. The predicted octanol–water partition coefficient (Wildman–Crippen LogP) is 6.92. The zero-order valence-corrected chi connectivity index (χ0v) is 24.9. The minimum Gasteiger partial charge on any atom is -0.508 e. The largest absolute Gasteiger partial charge is 0.508 e. The van der Waals surface area contributed by atoms with Crippen molar-refractivity contribution in [2.45, 2.75) is 19.3 Å². The van der Waals surface area contributed by atoms with Gasteiger partial charge < -0.3 is 19.6 Å². The van der Waals surface area contributed by atoms with Crippen molar-refractivity contribution < 1.29 is 14.2 Å². The van der Waals surface area contributed by atoms with E-state index in [1.165, 1.54) is 31.4 Å². The smallest absolute Gasteiger partial charge is 0.182 e. The fourth-order valence-corrected chi connectivity index (χ4v) is 6.20. The average molecular weight is 611 g/mol. The summed E-state index contributed by atoms with van der Waals surface area (Å²) >= 11 is 0. The molecule has 224 valence electrons. The molecular formula is C34H32ClFN6O2. The van der Waals surface area contributed by atoms with E-state index in [0.717, 1.165) is 60.4 Å². The third kappa shape index (κ3) is 5.43. The van der Waals surface area contributed by atoms with Crippen molar-refractivity contribution in [1.82, 2.24) is 15.2 Å². The van der Waals surface area contributed by atoms with E-state index in [4.69, 9.17) is 9.72 Å². The number of morpholine rings is 1. The first-order valence-corrected chi connectivity index (χ1v) is 14.7. The molecule has 0 radical (unpaired) electrons. The quantitative estimate of drug-likeness (QED) is 0.223. The Morgan fingerprint density at radius 3 is 2.11 bits per heavy atom. The Bertz CT molecular complexity index is 1820. The molecule has 44 heavy (non-hydrogen) atoms. The van der Waals surface area contributed by atoms with Crippen molar-refractivity contribution in [1.29, 1.82) is 5.26 Å². The van der Waals surface area contributed by atoms with Crippen molar-refractivity contribution in [3.63, 3.8) is 0 Å². The van der Waals surface area contributed by atoms with E-state index in [9.17, 15) is 10.4 Å². The molecule has 4 heterocycles. The molecule has 2 aromatic heterocycles. The van der Waals surface area contributed by atoms with Crippen molar-refractivity contribution in [3.8, 4) is 45.5 Å². The summed E-state index contributed by atoms with van der Waals surface area (Å²) in [6.07, 6.45) is 3.60. The monoisotopic (exact) mass is 610 g/mol. The van der Waals surface area contributed by atoms with Gasteiger partial charge in [0, 0.05) is 60.3 Å². The van der Waals surface area contributed by atoms with Gasteiger partial charge in [0.05, 0.1) is 35.6 Å². The number of H-pyrrole nitrogens is 1. The Morgan fingerprint density at radius 2 is 1.48 bits per heavy atom. The van der Waals surface area contributed by atoms with Crippen LogP contribution in [-0.2, 0) is 4.74 Å². The summed E-state index contributed by atoms with van der Waals surface area (Å²) in [6, 6.07) is 22.7. The molecule has 8 nitrogen and oxygen atoms in total. The number of anilines is 2. The fourth-order valence-electron chi connectivity index (χ4n) is 6.20. The summed E-state index contributed by atoms with van der Waals surface area (Å²) in [6.45, 7) is 5.16. The maximum Gasteiger partial charge on any atom is 0.182 e. The number of phenolic OH excluding ortho intramolecular Hbond substituents is 1. The molecule has 0 amide bonds. The molecule has 0 saturated carbocycles. The van der Waals surface area contributed by atoms with Gasteiger partial charge in [-0.15, -0.1) is 12.4 Å². The molecule has 2 N–H and O–H groups in total. The first-order chi connectivity index (χ1) is 21.1. The van der Waals surface area contributed by atoms with Gasteiger partial charge in [-0.1, -0.05) is 24.3 Å². The first kappa shape index (κ1) is 29.4. The second-order valence-electron chi connectivity index (χ2n) is 11.0. The van der Waals surface area contributed by atoms with Crippen LogP contribution < -0.4 is 9.80 Å². The Kier molecular flexibility index (Phi) is 8.38. The summed E-state index contributed by atoms with van der Waals surface area (Å²) in [5.74, 6) is -0.860. The molecule has 2 fully saturated rings. The summed E-state index contributed by atoms with van der Waals surface area (Å²) in [4.78, 5) is 9.38. The van der Waals surface area contributed by atoms with Crippen molar-refractivity contribution in [3.05, 3.63) is 78.1 Å². The summed E-state index contributed by atoms with van der Waals surface area (Å²) in [5, 5.41) is 28.8. The van der Waals surface area contributed by atoms with E-state index in [1.807, 2.05) is 24.3 Å². The number of hydrogen-bond donors (Lipinski definition) is 2. The van der Waals surface area contributed by atoms with Crippen molar-refractivity contribution >= 4 is 34.8 Å².